The summed E-state index contributed by atoms with van der Waals surface area (Å²) in [5, 5.41) is 35.7. The van der Waals surface area contributed by atoms with Crippen molar-refractivity contribution in [3.8, 4) is 0 Å². The van der Waals surface area contributed by atoms with Crippen molar-refractivity contribution in [1.29, 1.82) is 0 Å². The molecule has 4 nitrogen and oxygen atoms in total. The van der Waals surface area contributed by atoms with E-state index in [1.165, 1.54) is 0 Å². The molecule has 0 spiro atoms. The largest absolute Gasteiger partial charge is 4.00 e. The molecule has 82 valence electrons. The molecule has 0 fully saturated rings. The molecule has 0 amide bonds. The molecule has 0 aromatic heterocycles. The van der Waals surface area contributed by atoms with Crippen LogP contribution in [0.5, 0.6) is 0 Å². The normalized spacial score (nSPS) is 5.54. The van der Waals surface area contributed by atoms with Crippen LogP contribution in [0.2, 0.25) is 0 Å². The number of rotatable bonds is 0. The Morgan fingerprint density at radius 3 is 0.538 bits per heavy atom. The maximum Gasteiger partial charge on any atom is 4.00 e. The summed E-state index contributed by atoms with van der Waals surface area (Å²) in [5.74, 6) is 0. The van der Waals surface area contributed by atoms with Gasteiger partial charge in [0.2, 0.25) is 0 Å². The summed E-state index contributed by atoms with van der Waals surface area (Å²) >= 11 is 0. The molecule has 0 bridgehead atoms. The molecule has 0 atom stereocenters. The Bertz CT molecular complexity index is 24.1. The van der Waals surface area contributed by atoms with Crippen LogP contribution in [0.1, 0.15) is 27.7 Å². The quantitative estimate of drug-likeness (QED) is 0.474. The standard InChI is InChI=1S/4C2H5O.W/c4*1-2-3;/h4*2H2,1H3;/q4*-1;+4. The molecule has 0 rings (SSSR count). The van der Waals surface area contributed by atoms with Crippen LogP contribution in [-0.4, -0.2) is 26.4 Å². The van der Waals surface area contributed by atoms with Crippen LogP contribution in [0.4, 0.5) is 0 Å². The summed E-state index contributed by atoms with van der Waals surface area (Å²) in [6.07, 6.45) is 0. The minimum Gasteiger partial charge on any atom is -0.855 e. The molecule has 0 unspecified atom stereocenters. The predicted molar refractivity (Wildman–Crippen MR) is 42.2 cm³/mol. The van der Waals surface area contributed by atoms with E-state index in [4.69, 9.17) is 20.4 Å². The van der Waals surface area contributed by atoms with Gasteiger partial charge in [0.15, 0.2) is 0 Å². The minimum atomic E-state index is 0. The summed E-state index contributed by atoms with van der Waals surface area (Å²) in [6.45, 7) is 6.28. The van der Waals surface area contributed by atoms with Gasteiger partial charge in [-0.15, -0.1) is 26.4 Å². The average Bonchev–Trinajstić information content (AvgIpc) is 1.92. The Labute approximate surface area is 95.9 Å². The molecule has 0 aromatic rings. The fourth-order valence-electron chi connectivity index (χ4n) is 0. The summed E-state index contributed by atoms with van der Waals surface area (Å²) in [4.78, 5) is 0. The molecule has 0 radical (unpaired) electrons. The van der Waals surface area contributed by atoms with Gasteiger partial charge in [-0.2, -0.15) is 0 Å². The van der Waals surface area contributed by atoms with E-state index in [1.807, 2.05) is 0 Å². The molecule has 5 heteroatoms. The van der Waals surface area contributed by atoms with Crippen molar-refractivity contribution in [2.45, 2.75) is 27.7 Å². The second-order valence-corrected chi connectivity index (χ2v) is 1.15. The summed E-state index contributed by atoms with van der Waals surface area (Å²) in [6, 6.07) is 0. The van der Waals surface area contributed by atoms with Gasteiger partial charge in [-0.3, -0.25) is 0 Å². The zero-order valence-electron chi connectivity index (χ0n) is 8.87. The Kier molecular flexibility index (Phi) is 182. The molecule has 0 heterocycles. The van der Waals surface area contributed by atoms with Crippen molar-refractivity contribution < 1.29 is 41.5 Å². The zero-order chi connectivity index (χ0) is 10.8. The predicted octanol–water partition coefficient (Wildman–Crippen LogP) is -2.54. The third-order valence-corrected chi connectivity index (χ3v) is 0. The first-order chi connectivity index (χ1) is 5.66. The SMILES string of the molecule is CC[O-].CC[O-].CC[O-].CC[O-].[W+4]. The zero-order valence-corrected chi connectivity index (χ0v) is 11.8. The third kappa shape index (κ3) is 4980. The van der Waals surface area contributed by atoms with Crippen molar-refractivity contribution >= 4 is 0 Å². The second kappa shape index (κ2) is 81.2. The molecule has 0 aliphatic carbocycles. The van der Waals surface area contributed by atoms with E-state index in [0.717, 1.165) is 0 Å². The van der Waals surface area contributed by atoms with E-state index < -0.39 is 0 Å². The molecule has 0 N–H and O–H groups in total. The van der Waals surface area contributed by atoms with Gasteiger partial charge >= 0.3 is 21.1 Å². The topological polar surface area (TPSA) is 92.2 Å². The second-order valence-electron chi connectivity index (χ2n) is 1.15. The van der Waals surface area contributed by atoms with E-state index in [0.29, 0.717) is 0 Å². The van der Waals surface area contributed by atoms with Gasteiger partial charge in [-0.1, -0.05) is 27.7 Å². The van der Waals surface area contributed by atoms with E-state index >= 15 is 0 Å². The summed E-state index contributed by atoms with van der Waals surface area (Å²) in [7, 11) is 0. The molecule has 0 aliphatic heterocycles. The van der Waals surface area contributed by atoms with Crippen molar-refractivity contribution in [1.82, 2.24) is 0 Å². The third-order valence-electron chi connectivity index (χ3n) is 0. The molecular formula is C8H20O4W. The van der Waals surface area contributed by atoms with Crippen LogP contribution in [-0.2, 0) is 21.1 Å². The summed E-state index contributed by atoms with van der Waals surface area (Å²) in [5.41, 5.74) is 0. The molecular weight excluding hydrogens is 344 g/mol. The fourth-order valence-corrected chi connectivity index (χ4v) is 0. The number of hydrogen-bond acceptors (Lipinski definition) is 4. The first kappa shape index (κ1) is 29.2. The van der Waals surface area contributed by atoms with Gasteiger partial charge in [0.1, 0.15) is 0 Å². The maximum atomic E-state index is 8.93. The minimum absolute atomic E-state index is 0. The van der Waals surface area contributed by atoms with Gasteiger partial charge < -0.3 is 20.4 Å². The van der Waals surface area contributed by atoms with Gasteiger partial charge in [0.25, 0.3) is 0 Å². The van der Waals surface area contributed by atoms with Gasteiger partial charge in [0.05, 0.1) is 0 Å². The molecule has 0 aliphatic rings. The fraction of sp³-hybridized carbons (Fsp3) is 1.00. The van der Waals surface area contributed by atoms with Crippen LogP contribution in [0.25, 0.3) is 0 Å². The van der Waals surface area contributed by atoms with E-state index in [2.05, 4.69) is 0 Å². The molecule has 0 aromatic carbocycles. The van der Waals surface area contributed by atoms with Gasteiger partial charge in [-0.25, -0.2) is 0 Å². The van der Waals surface area contributed by atoms with Crippen LogP contribution < -0.4 is 20.4 Å². The van der Waals surface area contributed by atoms with Crippen LogP contribution in [0, 0.1) is 0 Å². The molecule has 13 heavy (non-hydrogen) atoms. The Hall–Kier alpha value is 0.528. The first-order valence-electron chi connectivity index (χ1n) is 3.98. The van der Waals surface area contributed by atoms with Crippen LogP contribution in [0.3, 0.4) is 0 Å². The van der Waals surface area contributed by atoms with E-state index in [9.17, 15) is 0 Å². The van der Waals surface area contributed by atoms with Crippen LogP contribution in [0.15, 0.2) is 0 Å². The summed E-state index contributed by atoms with van der Waals surface area (Å²) < 4.78 is 0. The van der Waals surface area contributed by atoms with Crippen molar-refractivity contribution in [3.63, 3.8) is 0 Å². The van der Waals surface area contributed by atoms with E-state index in [1.54, 1.807) is 27.7 Å². The maximum absolute atomic E-state index is 8.93. The van der Waals surface area contributed by atoms with Crippen LogP contribution >= 0.6 is 0 Å². The van der Waals surface area contributed by atoms with Crippen molar-refractivity contribution in [3.05, 3.63) is 0 Å². The van der Waals surface area contributed by atoms with Crippen molar-refractivity contribution in [2.24, 2.45) is 0 Å². The number of hydrogen-bond donors (Lipinski definition) is 0. The molecule has 0 saturated carbocycles. The smallest absolute Gasteiger partial charge is 0.855 e. The average molecular weight is 364 g/mol. The van der Waals surface area contributed by atoms with Crippen molar-refractivity contribution in [2.75, 3.05) is 26.4 Å². The molecule has 0 saturated heterocycles. The Morgan fingerprint density at radius 1 is 0.538 bits per heavy atom. The van der Waals surface area contributed by atoms with Gasteiger partial charge in [0, 0.05) is 0 Å². The first-order valence-corrected chi connectivity index (χ1v) is 3.98. The van der Waals surface area contributed by atoms with E-state index in [-0.39, 0.29) is 47.5 Å². The van der Waals surface area contributed by atoms with Gasteiger partial charge in [-0.05, 0) is 0 Å². The Balaban J connectivity index is -0.0000000213. The Morgan fingerprint density at radius 2 is 0.538 bits per heavy atom. The monoisotopic (exact) mass is 364 g/mol.